The van der Waals surface area contributed by atoms with Crippen LogP contribution in [0, 0.1) is 0 Å². The molecule has 2 aromatic carbocycles. The molecule has 1 N–H and O–H groups in total. The number of hydrogen-bond acceptors (Lipinski definition) is 3. The van der Waals surface area contributed by atoms with Crippen LogP contribution in [0.15, 0.2) is 73.3 Å². The van der Waals surface area contributed by atoms with Gasteiger partial charge in [-0.3, -0.25) is 4.79 Å². The van der Waals surface area contributed by atoms with Crippen molar-refractivity contribution in [2.24, 2.45) is 0 Å². The molecule has 0 aliphatic carbocycles. The fourth-order valence-electron chi connectivity index (χ4n) is 2.82. The van der Waals surface area contributed by atoms with Gasteiger partial charge in [0.25, 0.3) is 5.91 Å². The Bertz CT molecular complexity index is 887. The van der Waals surface area contributed by atoms with E-state index in [4.69, 9.17) is 4.74 Å². The van der Waals surface area contributed by atoms with E-state index < -0.39 is 0 Å². The summed E-state index contributed by atoms with van der Waals surface area (Å²) in [5.41, 5.74) is 2.35. The average Bonchev–Trinajstić information content (AvgIpc) is 3.23. The van der Waals surface area contributed by atoms with E-state index in [-0.39, 0.29) is 5.91 Å². The van der Waals surface area contributed by atoms with Gasteiger partial charge < -0.3 is 14.6 Å². The summed E-state index contributed by atoms with van der Waals surface area (Å²) < 4.78 is 7.41. The molecule has 0 fully saturated rings. The van der Waals surface area contributed by atoms with E-state index in [1.807, 2.05) is 71.4 Å². The van der Waals surface area contributed by atoms with Crippen LogP contribution in [0.2, 0.25) is 0 Å². The number of nitrogens with one attached hydrogen (secondary N) is 1. The second kappa shape index (κ2) is 9.38. The molecule has 138 valence electrons. The van der Waals surface area contributed by atoms with E-state index in [1.165, 1.54) is 0 Å². The number of hydrogen-bond donors (Lipinski definition) is 1. The van der Waals surface area contributed by atoms with E-state index >= 15 is 0 Å². The third kappa shape index (κ3) is 5.07. The highest BCUT2D eigenvalue weighted by Crippen LogP contribution is 2.24. The smallest absolute Gasteiger partial charge is 0.251 e. The molecule has 0 aliphatic heterocycles. The van der Waals surface area contributed by atoms with Gasteiger partial charge in [-0.2, -0.15) is 0 Å². The SMILES string of the molecule is COc1ccccc1/C=C(/C(=O)NCCCn1ccnc1)c1ccccc1. The summed E-state index contributed by atoms with van der Waals surface area (Å²) in [6, 6.07) is 17.3. The van der Waals surface area contributed by atoms with E-state index in [2.05, 4.69) is 10.3 Å². The first-order valence-corrected chi connectivity index (χ1v) is 8.92. The fourth-order valence-corrected chi connectivity index (χ4v) is 2.82. The molecule has 0 saturated heterocycles. The van der Waals surface area contributed by atoms with Gasteiger partial charge in [-0.25, -0.2) is 4.98 Å². The largest absolute Gasteiger partial charge is 0.496 e. The number of methoxy groups -OCH3 is 1. The highest BCUT2D eigenvalue weighted by Gasteiger charge is 2.13. The third-order valence-electron chi connectivity index (χ3n) is 4.21. The monoisotopic (exact) mass is 361 g/mol. The van der Waals surface area contributed by atoms with Crippen LogP contribution < -0.4 is 10.1 Å². The standard InChI is InChI=1S/C22H23N3O2/c1-27-21-11-6-5-10-19(21)16-20(18-8-3-2-4-9-18)22(26)24-12-7-14-25-15-13-23-17-25/h2-6,8-11,13,15-17H,7,12,14H2,1H3,(H,24,26)/b20-16+. The molecule has 27 heavy (non-hydrogen) atoms. The fraction of sp³-hybridized carbons (Fsp3) is 0.182. The minimum absolute atomic E-state index is 0.0993. The minimum Gasteiger partial charge on any atom is -0.496 e. The first-order chi connectivity index (χ1) is 13.3. The molecule has 5 nitrogen and oxygen atoms in total. The van der Waals surface area contributed by atoms with Crippen LogP contribution in [-0.4, -0.2) is 29.1 Å². The van der Waals surface area contributed by atoms with Crippen molar-refractivity contribution in [2.75, 3.05) is 13.7 Å². The van der Waals surface area contributed by atoms with Crippen LogP contribution in [0.5, 0.6) is 5.75 Å². The summed E-state index contributed by atoms with van der Waals surface area (Å²) in [5.74, 6) is 0.636. The normalized spacial score (nSPS) is 11.2. The van der Waals surface area contributed by atoms with E-state index in [9.17, 15) is 4.79 Å². The zero-order valence-corrected chi connectivity index (χ0v) is 15.3. The molecule has 3 aromatic rings. The summed E-state index contributed by atoms with van der Waals surface area (Å²) in [5, 5.41) is 3.02. The van der Waals surface area contributed by atoms with Gasteiger partial charge in [0.2, 0.25) is 0 Å². The van der Waals surface area contributed by atoms with E-state index in [0.717, 1.165) is 29.8 Å². The number of aryl methyl sites for hydroxylation is 1. The maximum Gasteiger partial charge on any atom is 0.251 e. The van der Waals surface area contributed by atoms with Gasteiger partial charge >= 0.3 is 0 Å². The maximum absolute atomic E-state index is 12.9. The average molecular weight is 361 g/mol. The predicted molar refractivity (Wildman–Crippen MR) is 107 cm³/mol. The molecule has 0 aliphatic rings. The van der Waals surface area contributed by atoms with Crippen LogP contribution in [0.1, 0.15) is 17.5 Å². The topological polar surface area (TPSA) is 56.1 Å². The van der Waals surface area contributed by atoms with Crippen molar-refractivity contribution < 1.29 is 9.53 Å². The predicted octanol–water partition coefficient (Wildman–Crippen LogP) is 3.64. The van der Waals surface area contributed by atoms with Crippen molar-refractivity contribution in [3.05, 3.63) is 84.4 Å². The summed E-state index contributed by atoms with van der Waals surface area (Å²) in [7, 11) is 1.63. The number of aromatic nitrogens is 2. The van der Waals surface area contributed by atoms with Crippen LogP contribution >= 0.6 is 0 Å². The van der Waals surface area contributed by atoms with Gasteiger partial charge in [0, 0.05) is 36.6 Å². The van der Waals surface area contributed by atoms with Gasteiger partial charge in [-0.1, -0.05) is 48.5 Å². The number of benzene rings is 2. The number of rotatable bonds is 8. The molecule has 1 heterocycles. The number of ether oxygens (including phenoxy) is 1. The highest BCUT2D eigenvalue weighted by molar-refractivity contribution is 6.24. The molecular formula is C22H23N3O2. The lowest BCUT2D eigenvalue weighted by Crippen LogP contribution is -2.26. The lowest BCUT2D eigenvalue weighted by Gasteiger charge is -2.11. The van der Waals surface area contributed by atoms with Crippen molar-refractivity contribution in [1.29, 1.82) is 0 Å². The summed E-state index contributed by atoms with van der Waals surface area (Å²) in [6.07, 6.45) is 8.15. The van der Waals surface area contributed by atoms with Crippen molar-refractivity contribution in [3.8, 4) is 5.75 Å². The zero-order chi connectivity index (χ0) is 18.9. The Morgan fingerprint density at radius 1 is 1.15 bits per heavy atom. The Hall–Kier alpha value is -3.34. The lowest BCUT2D eigenvalue weighted by atomic mass is 10.0. The van der Waals surface area contributed by atoms with Crippen molar-refractivity contribution in [1.82, 2.24) is 14.9 Å². The van der Waals surface area contributed by atoms with Gasteiger partial charge in [-0.15, -0.1) is 0 Å². The Morgan fingerprint density at radius 3 is 2.67 bits per heavy atom. The third-order valence-corrected chi connectivity index (χ3v) is 4.21. The second-order valence-corrected chi connectivity index (χ2v) is 6.08. The van der Waals surface area contributed by atoms with Gasteiger partial charge in [0.1, 0.15) is 5.75 Å². The minimum atomic E-state index is -0.0993. The van der Waals surface area contributed by atoms with Gasteiger partial charge in [-0.05, 0) is 24.1 Å². The van der Waals surface area contributed by atoms with Gasteiger partial charge in [0.15, 0.2) is 0 Å². The molecular weight excluding hydrogens is 338 g/mol. The van der Waals surface area contributed by atoms with Crippen LogP contribution in [0.4, 0.5) is 0 Å². The van der Waals surface area contributed by atoms with Crippen molar-refractivity contribution >= 4 is 17.6 Å². The number of nitrogens with zero attached hydrogens (tertiary/aromatic N) is 2. The van der Waals surface area contributed by atoms with E-state index in [0.29, 0.717) is 12.1 Å². The molecule has 0 spiro atoms. The highest BCUT2D eigenvalue weighted by atomic mass is 16.5. The first kappa shape index (κ1) is 18.5. The van der Waals surface area contributed by atoms with Crippen LogP contribution in [0.3, 0.4) is 0 Å². The number of para-hydroxylation sites is 1. The van der Waals surface area contributed by atoms with Crippen molar-refractivity contribution in [2.45, 2.75) is 13.0 Å². The molecule has 1 aromatic heterocycles. The number of carbonyl (C=O) groups is 1. The molecule has 3 rings (SSSR count). The van der Waals surface area contributed by atoms with Crippen molar-refractivity contribution in [3.63, 3.8) is 0 Å². The first-order valence-electron chi connectivity index (χ1n) is 8.92. The lowest BCUT2D eigenvalue weighted by molar-refractivity contribution is -0.115. The summed E-state index contributed by atoms with van der Waals surface area (Å²) >= 11 is 0. The molecule has 1 amide bonds. The maximum atomic E-state index is 12.9. The van der Waals surface area contributed by atoms with Crippen LogP contribution in [0.25, 0.3) is 11.6 Å². The van der Waals surface area contributed by atoms with Crippen LogP contribution in [-0.2, 0) is 11.3 Å². The van der Waals surface area contributed by atoms with E-state index in [1.54, 1.807) is 19.6 Å². The molecule has 5 heteroatoms. The Morgan fingerprint density at radius 2 is 1.93 bits per heavy atom. The molecule has 0 atom stereocenters. The molecule has 0 unspecified atom stereocenters. The Balaban J connectivity index is 1.75. The number of carbonyl (C=O) groups excluding carboxylic acids is 1. The summed E-state index contributed by atoms with van der Waals surface area (Å²) in [6.45, 7) is 1.41. The quantitative estimate of drug-likeness (QED) is 0.379. The van der Waals surface area contributed by atoms with Gasteiger partial charge in [0.05, 0.1) is 13.4 Å². The molecule has 0 saturated carbocycles. The summed E-state index contributed by atoms with van der Waals surface area (Å²) in [4.78, 5) is 16.9. The number of amides is 1. The number of imidazole rings is 1. The second-order valence-electron chi connectivity index (χ2n) is 6.08. The zero-order valence-electron chi connectivity index (χ0n) is 15.3. The molecule has 0 bridgehead atoms. The Kier molecular flexibility index (Phi) is 6.41. The molecule has 0 radical (unpaired) electrons. The Labute approximate surface area is 159 Å².